The molecule has 1 fully saturated rings. The monoisotopic (exact) mass is 503 g/mol. The van der Waals surface area contributed by atoms with Crippen molar-refractivity contribution in [2.45, 2.75) is 25.9 Å². The Hall–Kier alpha value is -3.71. The van der Waals surface area contributed by atoms with Gasteiger partial charge in [0.15, 0.2) is 5.60 Å². The Morgan fingerprint density at radius 1 is 1.08 bits per heavy atom. The van der Waals surface area contributed by atoms with Crippen LogP contribution in [0.2, 0.25) is 5.02 Å². The largest absolute Gasteiger partial charge is 0.449 e. The molecule has 8 heteroatoms. The van der Waals surface area contributed by atoms with Crippen LogP contribution in [0.5, 0.6) is 0 Å². The zero-order chi connectivity index (χ0) is 25.4. The molecule has 1 spiro atoms. The number of carbonyl (C=O) groups is 3. The van der Waals surface area contributed by atoms with Gasteiger partial charge >= 0.3 is 5.97 Å². The number of likely N-dealkylation sites (tertiary alicyclic amines) is 1. The van der Waals surface area contributed by atoms with Crippen molar-refractivity contribution in [3.8, 4) is 11.3 Å². The smallest absolute Gasteiger partial charge is 0.339 e. The Kier molecular flexibility index (Phi) is 6.26. The lowest BCUT2D eigenvalue weighted by atomic mass is 9.91. The number of nitrogens with zero attached hydrogens (tertiary/aromatic N) is 3. The van der Waals surface area contributed by atoms with E-state index >= 15 is 0 Å². The van der Waals surface area contributed by atoms with Gasteiger partial charge in [-0.05, 0) is 44.2 Å². The summed E-state index contributed by atoms with van der Waals surface area (Å²) in [6.07, 6.45) is 0.536. The van der Waals surface area contributed by atoms with Crippen LogP contribution in [0.3, 0.4) is 0 Å². The molecule has 184 valence electrons. The first-order chi connectivity index (χ1) is 17.4. The SMILES string of the molecule is CCN(CC)C(=O)c1cccc(-c2ccc(C(=O)N3CC[C@@]4(C3)OC(=O)c3ccccc34)c(Cl)c2)n1. The average molecular weight is 504 g/mol. The molecule has 2 amide bonds. The zero-order valence-corrected chi connectivity index (χ0v) is 20.9. The molecule has 36 heavy (non-hydrogen) atoms. The number of ether oxygens (including phenoxy) is 1. The molecule has 1 atom stereocenters. The van der Waals surface area contributed by atoms with Gasteiger partial charge < -0.3 is 14.5 Å². The Morgan fingerprint density at radius 2 is 1.86 bits per heavy atom. The molecule has 0 saturated carbocycles. The second-order valence-electron chi connectivity index (χ2n) is 8.99. The molecule has 0 unspecified atom stereocenters. The molecule has 2 aliphatic rings. The van der Waals surface area contributed by atoms with E-state index in [0.717, 1.165) is 5.56 Å². The number of benzene rings is 2. The number of rotatable bonds is 5. The molecule has 1 saturated heterocycles. The summed E-state index contributed by atoms with van der Waals surface area (Å²) in [5.74, 6) is -0.698. The Morgan fingerprint density at radius 3 is 2.61 bits per heavy atom. The lowest BCUT2D eigenvalue weighted by Gasteiger charge is -2.24. The highest BCUT2D eigenvalue weighted by molar-refractivity contribution is 6.34. The molecule has 2 aromatic carbocycles. The van der Waals surface area contributed by atoms with Gasteiger partial charge in [0.25, 0.3) is 11.8 Å². The van der Waals surface area contributed by atoms with Crippen LogP contribution in [0.1, 0.15) is 57.0 Å². The summed E-state index contributed by atoms with van der Waals surface area (Å²) >= 11 is 6.57. The van der Waals surface area contributed by atoms with Crippen molar-refractivity contribution in [3.63, 3.8) is 0 Å². The number of hydrogen-bond donors (Lipinski definition) is 0. The van der Waals surface area contributed by atoms with Gasteiger partial charge in [-0.1, -0.05) is 41.9 Å². The maximum absolute atomic E-state index is 13.4. The average Bonchev–Trinajstić information content (AvgIpc) is 3.45. The molecule has 1 aromatic heterocycles. The van der Waals surface area contributed by atoms with E-state index in [0.29, 0.717) is 59.2 Å². The van der Waals surface area contributed by atoms with Crippen LogP contribution in [-0.2, 0) is 10.3 Å². The number of hydrogen-bond acceptors (Lipinski definition) is 5. The molecule has 3 aromatic rings. The maximum Gasteiger partial charge on any atom is 0.339 e. The summed E-state index contributed by atoms with van der Waals surface area (Å²) in [5.41, 5.74) is 2.62. The second kappa shape index (κ2) is 9.39. The molecule has 2 aliphatic heterocycles. The summed E-state index contributed by atoms with van der Waals surface area (Å²) in [7, 11) is 0. The fourth-order valence-corrected chi connectivity index (χ4v) is 5.27. The van der Waals surface area contributed by atoms with Crippen LogP contribution in [-0.4, -0.2) is 58.7 Å². The number of amides is 2. The van der Waals surface area contributed by atoms with Gasteiger partial charge in [0.2, 0.25) is 0 Å². The minimum absolute atomic E-state index is 0.128. The summed E-state index contributed by atoms with van der Waals surface area (Å²) in [6, 6.07) is 17.8. The quantitative estimate of drug-likeness (QED) is 0.467. The van der Waals surface area contributed by atoms with Crippen molar-refractivity contribution in [1.82, 2.24) is 14.8 Å². The van der Waals surface area contributed by atoms with Crippen LogP contribution in [0, 0.1) is 0 Å². The summed E-state index contributed by atoms with van der Waals surface area (Å²) in [5, 5.41) is 0.296. The van der Waals surface area contributed by atoms with E-state index in [4.69, 9.17) is 16.3 Å². The normalized spacial score (nSPS) is 18.3. The van der Waals surface area contributed by atoms with Crippen LogP contribution >= 0.6 is 11.6 Å². The topological polar surface area (TPSA) is 79.8 Å². The standard InChI is InChI=1S/C28H26ClN3O4/c1-3-31(4-2)26(34)24-11-7-10-23(30-24)18-12-13-20(22(29)16-18)25(33)32-15-14-28(17-32)21-9-6-5-8-19(21)27(35)36-28/h5-13,16H,3-4,14-15,17H2,1-2H3/t28-/m0/s1. The highest BCUT2D eigenvalue weighted by atomic mass is 35.5. The molecule has 7 nitrogen and oxygen atoms in total. The van der Waals surface area contributed by atoms with Crippen molar-refractivity contribution < 1.29 is 19.1 Å². The van der Waals surface area contributed by atoms with Crippen LogP contribution in [0.15, 0.2) is 60.7 Å². The van der Waals surface area contributed by atoms with Crippen molar-refractivity contribution in [3.05, 3.63) is 88.1 Å². The second-order valence-corrected chi connectivity index (χ2v) is 9.39. The lowest BCUT2D eigenvalue weighted by molar-refractivity contribution is -0.00307. The van der Waals surface area contributed by atoms with Crippen LogP contribution in [0.4, 0.5) is 0 Å². The number of aromatic nitrogens is 1. The van der Waals surface area contributed by atoms with Crippen LogP contribution in [0.25, 0.3) is 11.3 Å². The number of fused-ring (bicyclic) bond motifs is 2. The molecule has 0 N–H and O–H groups in total. The van der Waals surface area contributed by atoms with E-state index in [9.17, 15) is 14.4 Å². The third-order valence-corrected chi connectivity index (χ3v) is 7.27. The van der Waals surface area contributed by atoms with Crippen molar-refractivity contribution in [2.75, 3.05) is 26.2 Å². The van der Waals surface area contributed by atoms with Crippen molar-refractivity contribution >= 4 is 29.4 Å². The van der Waals surface area contributed by atoms with E-state index in [-0.39, 0.29) is 24.3 Å². The minimum atomic E-state index is -0.808. The summed E-state index contributed by atoms with van der Waals surface area (Å²) < 4.78 is 5.76. The third kappa shape index (κ3) is 4.03. The van der Waals surface area contributed by atoms with Gasteiger partial charge in [-0.2, -0.15) is 0 Å². The zero-order valence-electron chi connectivity index (χ0n) is 20.2. The predicted molar refractivity (Wildman–Crippen MR) is 136 cm³/mol. The highest BCUT2D eigenvalue weighted by Gasteiger charge is 2.51. The molecule has 0 radical (unpaired) electrons. The summed E-state index contributed by atoms with van der Waals surface area (Å²) in [6.45, 7) is 5.80. The molecule has 0 bridgehead atoms. The van der Waals surface area contributed by atoms with E-state index in [2.05, 4.69) is 4.98 Å². The maximum atomic E-state index is 13.4. The van der Waals surface area contributed by atoms with E-state index in [1.807, 2.05) is 38.1 Å². The van der Waals surface area contributed by atoms with Crippen molar-refractivity contribution in [1.29, 1.82) is 0 Å². The molecule has 3 heterocycles. The molecular weight excluding hydrogens is 478 g/mol. The molecule has 5 rings (SSSR count). The first kappa shape index (κ1) is 24.0. The van der Waals surface area contributed by atoms with Gasteiger partial charge in [0.05, 0.1) is 28.4 Å². The fourth-order valence-electron chi connectivity index (χ4n) is 5.01. The van der Waals surface area contributed by atoms with E-state index in [1.54, 1.807) is 46.2 Å². The predicted octanol–water partition coefficient (Wildman–Crippen LogP) is 4.80. The van der Waals surface area contributed by atoms with Crippen LogP contribution < -0.4 is 0 Å². The fraction of sp³-hybridized carbons (Fsp3) is 0.286. The Bertz CT molecular complexity index is 1370. The first-order valence-corrected chi connectivity index (χ1v) is 12.4. The molecular formula is C28H26ClN3O4. The highest BCUT2D eigenvalue weighted by Crippen LogP contribution is 2.43. The minimum Gasteiger partial charge on any atom is -0.449 e. The van der Waals surface area contributed by atoms with Gasteiger partial charge in [0, 0.05) is 37.2 Å². The Balaban J connectivity index is 1.36. The number of carbonyl (C=O) groups excluding carboxylic acids is 3. The lowest BCUT2D eigenvalue weighted by Crippen LogP contribution is -2.34. The van der Waals surface area contributed by atoms with E-state index < -0.39 is 5.60 Å². The molecule has 0 aliphatic carbocycles. The van der Waals surface area contributed by atoms with Gasteiger partial charge in [-0.15, -0.1) is 0 Å². The van der Waals surface area contributed by atoms with Crippen molar-refractivity contribution in [2.24, 2.45) is 0 Å². The van der Waals surface area contributed by atoms with Gasteiger partial charge in [-0.25, -0.2) is 9.78 Å². The number of esters is 1. The van der Waals surface area contributed by atoms with Gasteiger partial charge in [0.1, 0.15) is 5.69 Å². The first-order valence-electron chi connectivity index (χ1n) is 12.0. The Labute approximate surface area is 214 Å². The number of halogens is 1. The van der Waals surface area contributed by atoms with E-state index in [1.165, 1.54) is 0 Å². The third-order valence-electron chi connectivity index (χ3n) is 6.96. The summed E-state index contributed by atoms with van der Waals surface area (Å²) in [4.78, 5) is 46.4. The number of pyridine rings is 1. The van der Waals surface area contributed by atoms with Gasteiger partial charge in [-0.3, -0.25) is 9.59 Å².